The highest BCUT2D eigenvalue weighted by Crippen LogP contribution is 2.48. The smallest absolute Gasteiger partial charge is 0.238 e. The van der Waals surface area contributed by atoms with Gasteiger partial charge in [0.25, 0.3) is 0 Å². The first-order chi connectivity index (χ1) is 64.9. The third kappa shape index (κ3) is 11.5. The molecule has 120 heavy (non-hydrogen) atoms. The maximum atomic E-state index is 9.89. The molecule has 0 aliphatic heterocycles. The van der Waals surface area contributed by atoms with E-state index >= 15 is 0 Å². The molecule has 8 heterocycles. The van der Waals surface area contributed by atoms with Gasteiger partial charge in [0, 0.05) is 106 Å². The first-order valence-electron chi connectivity index (χ1n) is 45.6. The van der Waals surface area contributed by atoms with E-state index in [-0.39, 0.29) is 109 Å². The number of rotatable bonds is 11. The van der Waals surface area contributed by atoms with Crippen molar-refractivity contribution in [2.45, 2.75) is 0 Å². The molecule has 10 nitrogen and oxygen atoms in total. The molecule has 12 heteroatoms. The number of furan rings is 2. The van der Waals surface area contributed by atoms with Crippen LogP contribution in [-0.4, -0.2) is 39.0 Å². The first kappa shape index (κ1) is 56.6. The van der Waals surface area contributed by atoms with E-state index in [1.807, 2.05) is 162 Å². The summed E-state index contributed by atoms with van der Waals surface area (Å²) in [5.41, 5.74) is 10.5. The van der Waals surface area contributed by atoms with Gasteiger partial charge in [-0.3, -0.25) is 9.13 Å². The Morgan fingerprint density at radius 2 is 0.667 bits per heavy atom. The lowest BCUT2D eigenvalue weighted by Gasteiger charge is -2.13. The lowest BCUT2D eigenvalue weighted by atomic mass is 9.96. The van der Waals surface area contributed by atoms with Crippen molar-refractivity contribution in [3.63, 3.8) is 0 Å². The highest BCUT2D eigenvalue weighted by atomic mass is 32.1. The lowest BCUT2D eigenvalue weighted by Crippen LogP contribution is -2.06. The fourth-order valence-electron chi connectivity index (χ4n) is 16.8. The average molecular weight is 1580 g/mol. The van der Waals surface area contributed by atoms with Crippen LogP contribution in [0.25, 0.3) is 241 Å². The van der Waals surface area contributed by atoms with Gasteiger partial charge >= 0.3 is 0 Å². The van der Waals surface area contributed by atoms with Crippen LogP contribution in [0.15, 0.2) is 397 Å². The predicted molar refractivity (Wildman–Crippen MR) is 498 cm³/mol. The summed E-state index contributed by atoms with van der Waals surface area (Å²) in [7, 11) is 0. The van der Waals surface area contributed by atoms with Crippen molar-refractivity contribution in [1.82, 2.24) is 39.0 Å². The van der Waals surface area contributed by atoms with Gasteiger partial charge in [0.05, 0.1) is 39.9 Å². The number of para-hydroxylation sites is 2. The molecule has 25 aromatic rings. The minimum atomic E-state index is -0.483. The van der Waals surface area contributed by atoms with Gasteiger partial charge in [0.1, 0.15) is 22.3 Å². The molecule has 0 N–H and O–H groups in total. The van der Waals surface area contributed by atoms with Gasteiger partial charge in [-0.1, -0.05) is 297 Å². The highest BCUT2D eigenvalue weighted by molar-refractivity contribution is 7.27. The molecule has 0 unspecified atom stereocenters. The number of fused-ring (bicyclic) bond motifs is 20. The van der Waals surface area contributed by atoms with Crippen molar-refractivity contribution in [3.05, 3.63) is 388 Å². The van der Waals surface area contributed by atoms with E-state index in [9.17, 15) is 13.7 Å². The quantitative estimate of drug-likeness (QED) is 0.126. The molecule has 17 aromatic carbocycles. The second kappa shape index (κ2) is 28.1. The molecule has 0 bridgehead atoms. The van der Waals surface area contributed by atoms with Gasteiger partial charge in [0.15, 0.2) is 23.3 Å². The number of nitrogens with zero attached hydrogens (tertiary/aromatic N) is 8. The second-order valence-corrected chi connectivity index (χ2v) is 31.3. The largest absolute Gasteiger partial charge is 0.456 e. The van der Waals surface area contributed by atoms with E-state index < -0.39 is 42.3 Å². The number of hydrogen-bond acceptors (Lipinski definition) is 10. The van der Waals surface area contributed by atoms with Crippen LogP contribution in [-0.2, 0) is 0 Å². The Balaban J connectivity index is 0.000000146. The fraction of sp³-hybridized carbons (Fsp3) is 0. The van der Waals surface area contributed by atoms with Crippen LogP contribution >= 0.6 is 22.7 Å². The Kier molecular flexibility index (Phi) is 13.3. The zero-order chi connectivity index (χ0) is 90.2. The molecule has 560 valence electrons. The van der Waals surface area contributed by atoms with Crippen LogP contribution < -0.4 is 0 Å². The molecule has 0 saturated heterocycles. The maximum Gasteiger partial charge on any atom is 0.238 e. The summed E-state index contributed by atoms with van der Waals surface area (Å²) < 4.78 is 143. The lowest BCUT2D eigenvalue weighted by molar-refractivity contribution is 0.668. The number of thiophene rings is 2. The molecular weight excluding hydrogens is 1510 g/mol. The van der Waals surface area contributed by atoms with Gasteiger partial charge in [-0.25, -0.2) is 9.97 Å². The summed E-state index contributed by atoms with van der Waals surface area (Å²) in [4.78, 5) is 30.4. The van der Waals surface area contributed by atoms with Crippen LogP contribution in [0.2, 0.25) is 0 Å². The standard InChI is InChI=1S/C57H34N4OS.C51H30N4OS/c1-4-15-35(16-5-1)39-31-40(36-17-6-2-7-18-36)33-41(32-39)56-58-55(38-27-28-46-50(34-38)62-49-25-14-23-42(52(46)49)37-19-8-3-9-20-37)59-57(60-56)61-47-24-12-10-22-45(47)53-48(61)30-29-44-43-21-11-13-26-51(43)63-54(44)53;1-3-12-31(13-4-1)32-22-24-34(25-23-32)49-52-50(35-26-27-40-44(30-35)56-43-20-11-18-36(46(40)43)33-14-5-2-6-15-33)54-51(53-49)55-41-19-9-7-17-39(41)47-42(55)29-28-38-37-16-8-10-21-45(37)57-48(38)47/h1-34H;1-30H/i31D,32D,33D;11D,18D,20D,22D,23D,24D,25D,26D,27D,30D. The van der Waals surface area contributed by atoms with Gasteiger partial charge in [-0.2, -0.15) is 19.9 Å². The van der Waals surface area contributed by atoms with Crippen molar-refractivity contribution in [1.29, 1.82) is 0 Å². The van der Waals surface area contributed by atoms with Crippen LogP contribution in [0, 0.1) is 0 Å². The Labute approximate surface area is 713 Å². The molecule has 0 saturated carbocycles. The summed E-state index contributed by atoms with van der Waals surface area (Å²) in [5.74, 6) is 0.297. The van der Waals surface area contributed by atoms with Crippen LogP contribution in [0.1, 0.15) is 17.8 Å². The zero-order valence-corrected chi connectivity index (χ0v) is 64.8. The van der Waals surface area contributed by atoms with Crippen molar-refractivity contribution < 1.29 is 26.7 Å². The van der Waals surface area contributed by atoms with Gasteiger partial charge in [0.2, 0.25) is 11.9 Å². The minimum absolute atomic E-state index is 0.00522. The maximum absolute atomic E-state index is 9.89. The van der Waals surface area contributed by atoms with Gasteiger partial charge < -0.3 is 8.83 Å². The zero-order valence-electron chi connectivity index (χ0n) is 76.2. The second-order valence-electron chi connectivity index (χ2n) is 29.2. The summed E-state index contributed by atoms with van der Waals surface area (Å²) >= 11 is 3.43. The molecule has 0 aliphatic carbocycles. The third-order valence-corrected chi connectivity index (χ3v) is 24.6. The SMILES string of the molecule is [2H]c1c(-c2ccccc2)c([2H])c(-c2nc(-c3ccc4c(c3)oc3cccc(-c5ccccc5)c34)nc(-n3c4ccccc4c4c5sc6ccccc6c5ccc43)n2)c([2H])c1-c1ccccc1.[2H]c1c([2H])c(-c2nc(-c3c([2H])c([2H])c4c(oc5c([2H])c([2H])c([2H])c(-c6ccccc6)c54)c3[2H])nc(-n3c4ccccc4c4c5sc6ccccc6c5ccc43)n2)c([2H])c([2H])c1-c1ccccc1. The molecule has 0 fully saturated rings. The van der Waals surface area contributed by atoms with E-state index in [0.717, 1.165) is 80.2 Å². The van der Waals surface area contributed by atoms with E-state index in [1.165, 1.54) is 20.2 Å². The van der Waals surface area contributed by atoms with Crippen molar-refractivity contribution >= 4 is 151 Å². The molecule has 0 atom stereocenters. The molecule has 25 rings (SSSR count). The summed E-state index contributed by atoms with van der Waals surface area (Å²) in [6.45, 7) is 0. The van der Waals surface area contributed by atoms with Gasteiger partial charge in [-0.15, -0.1) is 22.7 Å². The van der Waals surface area contributed by atoms with E-state index in [1.54, 1.807) is 83.3 Å². The Bertz CT molecular complexity index is 9180. The Morgan fingerprint density at radius 1 is 0.233 bits per heavy atom. The molecule has 0 aliphatic rings. The van der Waals surface area contributed by atoms with Crippen LogP contribution in [0.3, 0.4) is 0 Å². The first-order valence-corrected chi connectivity index (χ1v) is 40.7. The third-order valence-electron chi connectivity index (χ3n) is 22.2. The summed E-state index contributed by atoms with van der Waals surface area (Å²) in [6, 6.07) is 96.4. The fourth-order valence-corrected chi connectivity index (χ4v) is 19.3. The summed E-state index contributed by atoms with van der Waals surface area (Å²) in [5, 5.41) is 10.7. The van der Waals surface area contributed by atoms with Crippen molar-refractivity contribution in [2.24, 2.45) is 0 Å². The van der Waals surface area contributed by atoms with Crippen molar-refractivity contribution in [2.75, 3.05) is 0 Å². The van der Waals surface area contributed by atoms with E-state index in [2.05, 4.69) is 95.6 Å². The van der Waals surface area contributed by atoms with E-state index in [4.69, 9.17) is 42.9 Å². The highest BCUT2D eigenvalue weighted by Gasteiger charge is 2.26. The minimum Gasteiger partial charge on any atom is -0.456 e. The van der Waals surface area contributed by atoms with Crippen LogP contribution in [0.4, 0.5) is 0 Å². The van der Waals surface area contributed by atoms with Gasteiger partial charge in [-0.05, 0) is 146 Å². The molecule has 0 spiro atoms. The topological polar surface area (TPSA) is 113 Å². The monoisotopic (exact) mass is 1580 g/mol. The number of benzene rings is 17. The molecule has 8 aromatic heterocycles. The van der Waals surface area contributed by atoms with Crippen LogP contribution in [0.5, 0.6) is 0 Å². The number of aromatic nitrogens is 8. The average Bonchev–Trinajstić information content (AvgIpc) is 1.52. The normalized spacial score (nSPS) is 13.3. The number of hydrogen-bond donors (Lipinski definition) is 0. The Morgan fingerprint density at radius 3 is 1.23 bits per heavy atom. The molecule has 0 amide bonds. The van der Waals surface area contributed by atoms with Crippen molar-refractivity contribution in [3.8, 4) is 113 Å². The summed E-state index contributed by atoms with van der Waals surface area (Å²) in [6.07, 6.45) is 0. The Hall–Kier alpha value is -15.6. The predicted octanol–water partition coefficient (Wildman–Crippen LogP) is 29.5. The molecular formula is C108H64N8O2S2. The molecule has 0 radical (unpaired) electrons. The van der Waals surface area contributed by atoms with E-state index in [0.29, 0.717) is 67.3 Å².